The maximum absolute atomic E-state index is 5.49. The van der Waals surface area contributed by atoms with Crippen LogP contribution in [-0.2, 0) is 4.74 Å². The van der Waals surface area contributed by atoms with E-state index in [9.17, 15) is 0 Å². The van der Waals surface area contributed by atoms with E-state index in [1.165, 1.54) is 4.79 Å². The highest BCUT2D eigenvalue weighted by molar-refractivity contribution is 7.80. The first-order chi connectivity index (χ1) is 12.8. The molecule has 3 aromatic rings. The van der Waals surface area contributed by atoms with Crippen LogP contribution in [0.2, 0.25) is 0 Å². The fourth-order valence-corrected chi connectivity index (χ4v) is 2.82. The zero-order valence-corrected chi connectivity index (χ0v) is 14.6. The van der Waals surface area contributed by atoms with Crippen molar-refractivity contribution in [3.63, 3.8) is 0 Å². The molecule has 1 aliphatic heterocycles. The Bertz CT molecular complexity index is 894. The minimum absolute atomic E-state index is 0.320. The summed E-state index contributed by atoms with van der Waals surface area (Å²) in [6.45, 7) is 2.84. The van der Waals surface area contributed by atoms with Crippen molar-refractivity contribution in [2.45, 2.75) is 0 Å². The number of hydrogen-bond acceptors (Lipinski definition) is 8. The van der Waals surface area contributed by atoms with Gasteiger partial charge in [-0.05, 0) is 5.21 Å². The van der Waals surface area contributed by atoms with Crippen molar-refractivity contribution in [3.05, 3.63) is 48.4 Å². The number of hydrogen-bond donors (Lipinski definition) is 1. The van der Waals surface area contributed by atoms with Crippen LogP contribution >= 0.6 is 12.2 Å². The normalized spacial score (nSPS) is 14.2. The van der Waals surface area contributed by atoms with Gasteiger partial charge in [-0.15, -0.1) is 10.2 Å². The predicted molar refractivity (Wildman–Crippen MR) is 98.4 cm³/mol. The van der Waals surface area contributed by atoms with E-state index in [0.717, 1.165) is 18.7 Å². The molecule has 10 heteroatoms. The lowest BCUT2D eigenvalue weighted by atomic mass is 10.2. The largest absolute Gasteiger partial charge is 0.378 e. The molecule has 1 aromatic carbocycles. The van der Waals surface area contributed by atoms with Crippen molar-refractivity contribution in [2.75, 3.05) is 31.7 Å². The van der Waals surface area contributed by atoms with E-state index in [4.69, 9.17) is 17.0 Å². The summed E-state index contributed by atoms with van der Waals surface area (Å²) >= 11 is 5.49. The lowest BCUT2D eigenvalue weighted by Crippen LogP contribution is -2.40. The van der Waals surface area contributed by atoms with Crippen LogP contribution in [0.25, 0.3) is 11.3 Å². The second-order valence-corrected chi connectivity index (χ2v) is 5.98. The summed E-state index contributed by atoms with van der Waals surface area (Å²) in [6, 6.07) is 9.76. The molecule has 1 saturated heterocycles. The van der Waals surface area contributed by atoms with Crippen LogP contribution in [-0.4, -0.2) is 66.5 Å². The Morgan fingerprint density at radius 2 is 1.92 bits per heavy atom. The lowest BCUT2D eigenvalue weighted by Gasteiger charge is -2.27. The molecule has 0 radical (unpaired) electrons. The van der Waals surface area contributed by atoms with Gasteiger partial charge in [-0.25, -0.2) is 10.4 Å². The van der Waals surface area contributed by atoms with Gasteiger partial charge in [0.25, 0.3) is 5.95 Å². The third-order valence-electron chi connectivity index (χ3n) is 3.85. The standard InChI is InChI=1S/C16H16N8OS/c26-15(23-6-8-25-9-7-23)14-11-24(22-19-14)21-16-18-13(10-17-20-16)12-4-2-1-3-5-12/h1-5,10-11H,6-9H2,(H,18,20,21). The molecule has 9 nitrogen and oxygen atoms in total. The average molecular weight is 368 g/mol. The molecule has 1 N–H and O–H groups in total. The van der Waals surface area contributed by atoms with E-state index < -0.39 is 0 Å². The van der Waals surface area contributed by atoms with Gasteiger partial charge in [-0.2, -0.15) is 9.89 Å². The number of ether oxygens (including phenoxy) is 1. The van der Waals surface area contributed by atoms with Crippen LogP contribution in [0.15, 0.2) is 42.7 Å². The van der Waals surface area contributed by atoms with Gasteiger partial charge in [0.2, 0.25) is 0 Å². The van der Waals surface area contributed by atoms with Crippen LogP contribution in [0.1, 0.15) is 5.69 Å². The number of nitrogens with zero attached hydrogens (tertiary/aromatic N) is 7. The maximum atomic E-state index is 5.49. The summed E-state index contributed by atoms with van der Waals surface area (Å²) in [5.41, 5.74) is 5.23. The molecule has 26 heavy (non-hydrogen) atoms. The molecule has 0 atom stereocenters. The van der Waals surface area contributed by atoms with Gasteiger partial charge in [0, 0.05) is 18.7 Å². The highest BCUT2D eigenvalue weighted by Gasteiger charge is 2.18. The van der Waals surface area contributed by atoms with Crippen molar-refractivity contribution in [2.24, 2.45) is 0 Å². The van der Waals surface area contributed by atoms with E-state index in [2.05, 4.69) is 35.8 Å². The van der Waals surface area contributed by atoms with Crippen molar-refractivity contribution in [3.8, 4) is 11.3 Å². The molecule has 0 saturated carbocycles. The smallest absolute Gasteiger partial charge is 0.263 e. The molecular formula is C16H16N8OS. The van der Waals surface area contributed by atoms with E-state index in [-0.39, 0.29) is 0 Å². The van der Waals surface area contributed by atoms with Gasteiger partial charge in [-0.1, -0.05) is 42.5 Å². The van der Waals surface area contributed by atoms with E-state index in [1.807, 2.05) is 30.3 Å². The van der Waals surface area contributed by atoms with Crippen LogP contribution in [0, 0.1) is 0 Å². The quantitative estimate of drug-likeness (QED) is 0.677. The predicted octanol–water partition coefficient (Wildman–Crippen LogP) is 1.01. The second-order valence-electron chi connectivity index (χ2n) is 5.60. The Labute approximate surface area is 155 Å². The van der Waals surface area contributed by atoms with E-state index in [1.54, 1.807) is 12.4 Å². The van der Waals surface area contributed by atoms with Gasteiger partial charge in [-0.3, -0.25) is 0 Å². The van der Waals surface area contributed by atoms with Gasteiger partial charge in [0.15, 0.2) is 0 Å². The van der Waals surface area contributed by atoms with Crippen LogP contribution in [0.4, 0.5) is 5.95 Å². The van der Waals surface area contributed by atoms with Crippen LogP contribution in [0.3, 0.4) is 0 Å². The van der Waals surface area contributed by atoms with Crippen LogP contribution < -0.4 is 5.43 Å². The molecule has 0 aliphatic carbocycles. The molecule has 0 bridgehead atoms. The number of morpholine rings is 1. The molecule has 132 valence electrons. The van der Waals surface area contributed by atoms with Crippen molar-refractivity contribution in [1.29, 1.82) is 0 Å². The highest BCUT2D eigenvalue weighted by Crippen LogP contribution is 2.15. The Morgan fingerprint density at radius 1 is 1.12 bits per heavy atom. The molecule has 2 aromatic heterocycles. The first-order valence-electron chi connectivity index (χ1n) is 8.11. The van der Waals surface area contributed by atoms with Crippen molar-refractivity contribution >= 4 is 23.2 Å². The van der Waals surface area contributed by atoms with Crippen LogP contribution in [0.5, 0.6) is 0 Å². The molecule has 4 rings (SSSR count). The summed E-state index contributed by atoms with van der Waals surface area (Å²) in [6.07, 6.45) is 3.32. The van der Waals surface area contributed by atoms with Gasteiger partial charge in [0.1, 0.15) is 10.7 Å². The molecule has 1 fully saturated rings. The number of benzene rings is 1. The fourth-order valence-electron chi connectivity index (χ4n) is 2.55. The molecular weight excluding hydrogens is 352 g/mol. The molecule has 0 unspecified atom stereocenters. The molecule has 0 spiro atoms. The second kappa shape index (κ2) is 7.50. The number of anilines is 1. The van der Waals surface area contributed by atoms with E-state index >= 15 is 0 Å². The Morgan fingerprint density at radius 3 is 2.73 bits per heavy atom. The maximum Gasteiger partial charge on any atom is 0.263 e. The summed E-state index contributed by atoms with van der Waals surface area (Å²) < 4.78 is 5.34. The first kappa shape index (κ1) is 16.5. The number of rotatable bonds is 4. The Hall–Kier alpha value is -2.98. The average Bonchev–Trinajstić information content (AvgIpc) is 3.17. The van der Waals surface area contributed by atoms with Crippen molar-refractivity contribution < 1.29 is 4.74 Å². The summed E-state index contributed by atoms with van der Waals surface area (Å²) in [7, 11) is 0. The Kier molecular flexibility index (Phi) is 4.75. The minimum Gasteiger partial charge on any atom is -0.378 e. The minimum atomic E-state index is 0.320. The Balaban J connectivity index is 1.48. The third kappa shape index (κ3) is 3.65. The van der Waals surface area contributed by atoms with Gasteiger partial charge >= 0.3 is 0 Å². The highest BCUT2D eigenvalue weighted by atomic mass is 32.1. The number of aromatic nitrogens is 6. The number of thiocarbonyl (C=S) groups is 1. The van der Waals surface area contributed by atoms with E-state index in [0.29, 0.717) is 35.5 Å². The summed E-state index contributed by atoms with van der Waals surface area (Å²) in [5, 5.41) is 16.1. The molecule has 0 amide bonds. The zero-order chi connectivity index (χ0) is 17.8. The first-order valence-corrected chi connectivity index (χ1v) is 8.52. The fraction of sp³-hybridized carbons (Fsp3) is 0.250. The number of nitrogens with one attached hydrogen (secondary N) is 1. The van der Waals surface area contributed by atoms with Gasteiger partial charge < -0.3 is 9.64 Å². The van der Waals surface area contributed by atoms with Crippen molar-refractivity contribution in [1.82, 2.24) is 35.2 Å². The lowest BCUT2D eigenvalue weighted by molar-refractivity contribution is 0.0692. The third-order valence-corrected chi connectivity index (χ3v) is 4.32. The summed E-state index contributed by atoms with van der Waals surface area (Å²) in [4.78, 5) is 8.58. The SMILES string of the molecule is S=C(c1cn(Nc2nncc(-c3ccccc3)n2)nn1)N1CCOCC1. The zero-order valence-electron chi connectivity index (χ0n) is 13.8. The molecule has 3 heterocycles. The topological polar surface area (TPSA) is 93.9 Å². The van der Waals surface area contributed by atoms with Gasteiger partial charge in [0.05, 0.1) is 31.3 Å². The molecule has 1 aliphatic rings. The monoisotopic (exact) mass is 368 g/mol. The summed E-state index contributed by atoms with van der Waals surface area (Å²) in [5.74, 6) is 0.320.